The van der Waals surface area contributed by atoms with E-state index in [1.165, 1.54) is 0 Å². The third-order valence-electron chi connectivity index (χ3n) is 2.50. The number of nitrogens with zero attached hydrogens (tertiary/aromatic N) is 6. The molecular weight excluding hydrogens is 551 g/mol. The number of nitrogens with one attached hydrogen (secondary N) is 2. The van der Waals surface area contributed by atoms with E-state index in [-0.39, 0.29) is 0 Å². The van der Waals surface area contributed by atoms with Crippen LogP contribution in [0.3, 0.4) is 0 Å². The SMILES string of the molecule is O=C1N=NC(C(=O)O)([N+](=O)[O][Pb][O][N+](=O)C2(C(=O)O)N=NC(=O)N2)N1. The summed E-state index contributed by atoms with van der Waals surface area (Å²) in [5, 5.41) is 32.6. The molecule has 25 heavy (non-hydrogen) atoms. The zero-order valence-corrected chi connectivity index (χ0v) is 15.2. The molecule has 2 rings (SSSR count). The fraction of sp³-hybridized carbons (Fsp3) is 0.333. The van der Waals surface area contributed by atoms with Crippen LogP contribution in [-0.2, 0) is 15.2 Å². The number of rotatable bonds is 8. The van der Waals surface area contributed by atoms with E-state index in [2.05, 4.69) is 26.0 Å². The van der Waals surface area contributed by atoms with Crippen molar-refractivity contribution in [2.45, 2.75) is 11.6 Å². The number of urea groups is 2. The number of amides is 4. The molecule has 0 bridgehead atoms. The van der Waals surface area contributed by atoms with Crippen molar-refractivity contribution in [3.8, 4) is 0 Å². The molecule has 2 aliphatic heterocycles. The van der Waals surface area contributed by atoms with Crippen molar-refractivity contribution in [2.75, 3.05) is 0 Å². The fourth-order valence-electron chi connectivity index (χ4n) is 1.36. The molecule has 0 aliphatic carbocycles. The molecule has 18 nitrogen and oxygen atoms in total. The third kappa shape index (κ3) is 3.09. The molecule has 19 heteroatoms. The molecule has 2 atom stereocenters. The van der Waals surface area contributed by atoms with E-state index in [1.54, 1.807) is 10.6 Å². The molecule has 130 valence electrons. The summed E-state index contributed by atoms with van der Waals surface area (Å²) < 4.78 is 8.80. The second kappa shape index (κ2) is 6.36. The number of carboxylic acid groups (broad SMARTS) is 2. The minimum absolute atomic E-state index is 0.678. The van der Waals surface area contributed by atoms with Crippen molar-refractivity contribution in [2.24, 2.45) is 20.5 Å². The van der Waals surface area contributed by atoms with Gasteiger partial charge >= 0.3 is 146 Å². The van der Waals surface area contributed by atoms with Crippen LogP contribution in [0.5, 0.6) is 0 Å². The van der Waals surface area contributed by atoms with E-state index in [0.29, 0.717) is 0 Å². The summed E-state index contributed by atoms with van der Waals surface area (Å²) in [7, 11) is 0. The van der Waals surface area contributed by atoms with Gasteiger partial charge in [-0.15, -0.1) is 0 Å². The van der Waals surface area contributed by atoms with E-state index < -0.39 is 70.6 Å². The molecule has 0 fully saturated rings. The van der Waals surface area contributed by atoms with Crippen LogP contribution in [0.4, 0.5) is 9.59 Å². The zero-order valence-electron chi connectivity index (χ0n) is 11.3. The van der Waals surface area contributed by atoms with E-state index in [1.807, 2.05) is 0 Å². The molecule has 4 amide bonds. The Morgan fingerprint density at radius 1 is 0.920 bits per heavy atom. The van der Waals surface area contributed by atoms with Gasteiger partial charge in [0.2, 0.25) is 0 Å². The van der Waals surface area contributed by atoms with E-state index in [0.717, 1.165) is 0 Å². The molecule has 0 saturated carbocycles. The number of carboxylic acids is 2. The van der Waals surface area contributed by atoms with Crippen molar-refractivity contribution >= 4 is 49.1 Å². The Balaban J connectivity index is 2.00. The summed E-state index contributed by atoms with van der Waals surface area (Å²) in [4.78, 5) is 66.0. The summed E-state index contributed by atoms with van der Waals surface area (Å²) in [5.41, 5.74) is 0. The average Bonchev–Trinajstić information content (AvgIpc) is 3.12. The molecular formula is C6H4N8O10Pb+2. The summed E-state index contributed by atoms with van der Waals surface area (Å²) >= 11 is -3.28. The van der Waals surface area contributed by atoms with Crippen LogP contribution in [0.2, 0.25) is 0 Å². The van der Waals surface area contributed by atoms with Crippen molar-refractivity contribution in [1.82, 2.24) is 10.6 Å². The van der Waals surface area contributed by atoms with E-state index in [4.69, 9.17) is 10.2 Å². The number of hydrogen-bond donors (Lipinski definition) is 4. The maximum atomic E-state index is 11.7. The summed E-state index contributed by atoms with van der Waals surface area (Å²) in [6.07, 6.45) is 0. The van der Waals surface area contributed by atoms with Crippen LogP contribution in [0.15, 0.2) is 20.5 Å². The first-order chi connectivity index (χ1) is 11.6. The van der Waals surface area contributed by atoms with Gasteiger partial charge in [0.25, 0.3) is 0 Å². The molecule has 0 aromatic rings. The van der Waals surface area contributed by atoms with Crippen molar-refractivity contribution < 1.29 is 44.8 Å². The van der Waals surface area contributed by atoms with Gasteiger partial charge in [0.15, 0.2) is 0 Å². The summed E-state index contributed by atoms with van der Waals surface area (Å²) in [6.45, 7) is 0. The molecule has 0 aromatic heterocycles. The minimum atomic E-state index is -3.28. The standard InChI is InChI=1S/2C3H2N4O5.Pb/c2*8-1(9)3(7(11)12)4-2(10)5-6-3;/h2*(H,4,10)(H,8,9);/q;;+2. The molecule has 0 saturated heterocycles. The van der Waals surface area contributed by atoms with Crippen LogP contribution in [0.25, 0.3) is 0 Å². The summed E-state index contributed by atoms with van der Waals surface area (Å²) in [5.74, 6) is -9.71. The summed E-state index contributed by atoms with van der Waals surface area (Å²) in [6, 6.07) is -2.46. The number of carbonyl (C=O) groups is 4. The first kappa shape index (κ1) is 18.1. The van der Waals surface area contributed by atoms with Gasteiger partial charge in [0.05, 0.1) is 0 Å². The van der Waals surface area contributed by atoms with Crippen molar-refractivity contribution in [3.63, 3.8) is 0 Å². The predicted molar refractivity (Wildman–Crippen MR) is 62.7 cm³/mol. The van der Waals surface area contributed by atoms with Gasteiger partial charge < -0.3 is 0 Å². The van der Waals surface area contributed by atoms with Gasteiger partial charge in [-0.2, -0.15) is 0 Å². The van der Waals surface area contributed by atoms with Gasteiger partial charge in [-0.1, -0.05) is 0 Å². The Morgan fingerprint density at radius 2 is 1.28 bits per heavy atom. The van der Waals surface area contributed by atoms with Crippen molar-refractivity contribution in [3.05, 3.63) is 9.81 Å². The number of aliphatic carboxylic acids is 2. The topological polar surface area (TPSA) is 241 Å². The fourth-order valence-corrected chi connectivity index (χ4v) is 3.05. The molecule has 2 heterocycles. The van der Waals surface area contributed by atoms with Crippen molar-refractivity contribution in [1.29, 1.82) is 0 Å². The Hall–Kier alpha value is -3.20. The quantitative estimate of drug-likeness (QED) is 0.186. The normalized spacial score (nSPS) is 26.7. The molecule has 4 N–H and O–H groups in total. The Labute approximate surface area is 146 Å². The molecule has 2 radical (unpaired) electrons. The Bertz CT molecular complexity index is 703. The monoisotopic (exact) mass is 556 g/mol. The Kier molecular flexibility index (Phi) is 4.62. The zero-order chi connectivity index (χ0) is 18.8. The number of hydrogen-bond acceptors (Lipinski definition) is 10. The van der Waals surface area contributed by atoms with Crippen LogP contribution in [-0.4, -0.2) is 80.8 Å². The first-order valence-corrected chi connectivity index (χ1v) is 8.82. The third-order valence-corrected chi connectivity index (χ3v) is 4.37. The maximum absolute atomic E-state index is 11.7. The first-order valence-electron chi connectivity index (χ1n) is 5.64. The van der Waals surface area contributed by atoms with E-state index in [9.17, 15) is 29.0 Å². The second-order valence-electron chi connectivity index (χ2n) is 4.00. The average molecular weight is 555 g/mol. The van der Waals surface area contributed by atoms with Gasteiger partial charge in [0, 0.05) is 0 Å². The molecule has 2 aliphatic rings. The van der Waals surface area contributed by atoms with Crippen LogP contribution < -0.4 is 10.6 Å². The Morgan fingerprint density at radius 3 is 1.52 bits per heavy atom. The molecule has 0 aromatic carbocycles. The van der Waals surface area contributed by atoms with Gasteiger partial charge in [-0.05, 0) is 0 Å². The molecule has 0 spiro atoms. The molecule has 2 unspecified atom stereocenters. The van der Waals surface area contributed by atoms with Gasteiger partial charge in [0.1, 0.15) is 0 Å². The van der Waals surface area contributed by atoms with E-state index >= 15 is 0 Å². The van der Waals surface area contributed by atoms with Crippen LogP contribution >= 0.6 is 0 Å². The number of azo groups is 2. The van der Waals surface area contributed by atoms with Crippen LogP contribution in [0.1, 0.15) is 0 Å². The van der Waals surface area contributed by atoms with Gasteiger partial charge in [-0.25, -0.2) is 0 Å². The van der Waals surface area contributed by atoms with Gasteiger partial charge in [-0.3, -0.25) is 0 Å². The van der Waals surface area contributed by atoms with Crippen LogP contribution in [0, 0.1) is 9.81 Å². The second-order valence-corrected chi connectivity index (χ2v) is 6.06. The number of carbonyl (C=O) groups excluding carboxylic acids is 2. The predicted octanol–water partition coefficient (Wildman–Crippen LogP) is -2.23.